The highest BCUT2D eigenvalue weighted by atomic mass is 35.5. The topological polar surface area (TPSA) is 79.3 Å². The molecule has 0 unspecified atom stereocenters. The number of anilines is 2. The molecule has 0 bridgehead atoms. The van der Waals surface area contributed by atoms with Crippen molar-refractivity contribution in [2.24, 2.45) is 0 Å². The van der Waals surface area contributed by atoms with Crippen LogP contribution in [0, 0.1) is 0 Å². The molecule has 166 valence electrons. The van der Waals surface area contributed by atoms with E-state index in [1.165, 1.54) is 0 Å². The Morgan fingerprint density at radius 3 is 2.61 bits per heavy atom. The van der Waals surface area contributed by atoms with E-state index in [0.717, 1.165) is 27.6 Å². The number of para-hydroxylation sites is 1. The lowest BCUT2D eigenvalue weighted by atomic mass is 10.1. The molecule has 8 heteroatoms. The SMILES string of the molecule is CC(C)(C)OC(=O)N(CCCCN1c2ccccc2COc2ccc(Cl)cc21)C(=O)O. The summed E-state index contributed by atoms with van der Waals surface area (Å²) in [5.74, 6) is 0.738. The minimum atomic E-state index is -1.32. The fourth-order valence-electron chi connectivity index (χ4n) is 3.37. The molecule has 0 spiro atoms. The molecule has 1 N–H and O–H groups in total. The molecule has 0 saturated carbocycles. The van der Waals surface area contributed by atoms with Crippen LogP contribution in [0.1, 0.15) is 39.2 Å². The smallest absolute Gasteiger partial charge is 0.419 e. The standard InChI is InChI=1S/C23H27ClN2O5/c1-23(2,3)31-22(29)26(21(27)28)13-7-6-12-25-18-9-5-4-8-16(18)15-30-20-11-10-17(24)14-19(20)25/h4-5,8-11,14H,6-7,12-13,15H2,1-3H3,(H,27,28). The van der Waals surface area contributed by atoms with Crippen LogP contribution in [0.2, 0.25) is 5.02 Å². The van der Waals surface area contributed by atoms with Crippen molar-refractivity contribution in [3.05, 3.63) is 53.1 Å². The van der Waals surface area contributed by atoms with Crippen LogP contribution in [0.15, 0.2) is 42.5 Å². The number of amides is 2. The molecule has 2 aromatic carbocycles. The summed E-state index contributed by atoms with van der Waals surface area (Å²) < 4.78 is 11.2. The fourth-order valence-corrected chi connectivity index (χ4v) is 3.53. The largest absolute Gasteiger partial charge is 0.487 e. The molecular weight excluding hydrogens is 420 g/mol. The van der Waals surface area contributed by atoms with Gasteiger partial charge in [0, 0.05) is 29.4 Å². The van der Waals surface area contributed by atoms with E-state index in [-0.39, 0.29) is 6.54 Å². The van der Waals surface area contributed by atoms with E-state index in [1.54, 1.807) is 26.8 Å². The molecule has 1 aliphatic heterocycles. The van der Waals surface area contributed by atoms with Crippen LogP contribution in [0.4, 0.5) is 21.0 Å². The van der Waals surface area contributed by atoms with Gasteiger partial charge in [0.05, 0.1) is 5.69 Å². The Balaban J connectivity index is 1.72. The van der Waals surface area contributed by atoms with Crippen molar-refractivity contribution < 1.29 is 24.2 Å². The molecule has 31 heavy (non-hydrogen) atoms. The summed E-state index contributed by atoms with van der Waals surface area (Å²) in [6.45, 7) is 6.21. The van der Waals surface area contributed by atoms with Crippen LogP contribution in [0.3, 0.4) is 0 Å². The van der Waals surface area contributed by atoms with Gasteiger partial charge in [0.25, 0.3) is 0 Å². The molecule has 2 amide bonds. The number of carbonyl (C=O) groups excluding carboxylic acids is 1. The number of ether oxygens (including phenoxy) is 2. The zero-order chi connectivity index (χ0) is 22.6. The first-order chi connectivity index (χ1) is 14.7. The van der Waals surface area contributed by atoms with E-state index in [4.69, 9.17) is 21.1 Å². The highest BCUT2D eigenvalue weighted by Crippen LogP contribution is 2.40. The number of hydrogen-bond donors (Lipinski definition) is 1. The van der Waals surface area contributed by atoms with Gasteiger partial charge < -0.3 is 19.5 Å². The number of carbonyl (C=O) groups is 2. The average molecular weight is 447 g/mol. The first-order valence-corrected chi connectivity index (χ1v) is 10.5. The van der Waals surface area contributed by atoms with E-state index in [0.29, 0.717) is 31.0 Å². The van der Waals surface area contributed by atoms with Gasteiger partial charge in [-0.2, -0.15) is 0 Å². The molecule has 0 saturated heterocycles. The predicted molar refractivity (Wildman–Crippen MR) is 119 cm³/mol. The van der Waals surface area contributed by atoms with Gasteiger partial charge in [0.15, 0.2) is 0 Å². The van der Waals surface area contributed by atoms with Crippen LogP contribution >= 0.6 is 11.6 Å². The number of fused-ring (bicyclic) bond motifs is 2. The highest BCUT2D eigenvalue weighted by molar-refractivity contribution is 6.31. The Bertz CT molecular complexity index is 957. The van der Waals surface area contributed by atoms with Crippen LogP contribution in [-0.2, 0) is 11.3 Å². The summed E-state index contributed by atoms with van der Waals surface area (Å²) in [5.41, 5.74) is 2.17. The van der Waals surface area contributed by atoms with Gasteiger partial charge in [-0.1, -0.05) is 29.8 Å². The Labute approximate surface area is 187 Å². The Hall–Kier alpha value is -2.93. The van der Waals surface area contributed by atoms with Gasteiger partial charge in [-0.3, -0.25) is 0 Å². The molecule has 0 atom stereocenters. The zero-order valence-corrected chi connectivity index (χ0v) is 18.7. The summed E-state index contributed by atoms with van der Waals surface area (Å²) in [6, 6.07) is 13.5. The Kier molecular flexibility index (Phi) is 6.95. The van der Waals surface area contributed by atoms with Gasteiger partial charge in [0.2, 0.25) is 0 Å². The monoisotopic (exact) mass is 446 g/mol. The van der Waals surface area contributed by atoms with E-state index in [9.17, 15) is 14.7 Å². The van der Waals surface area contributed by atoms with Gasteiger partial charge in [-0.05, 0) is 57.9 Å². The lowest BCUT2D eigenvalue weighted by Crippen LogP contribution is -2.40. The van der Waals surface area contributed by atoms with Crippen LogP contribution in [-0.4, -0.2) is 40.9 Å². The van der Waals surface area contributed by atoms with Crippen LogP contribution in [0.5, 0.6) is 5.75 Å². The van der Waals surface area contributed by atoms with Gasteiger partial charge in [-0.15, -0.1) is 0 Å². The van der Waals surface area contributed by atoms with Crippen molar-refractivity contribution in [1.82, 2.24) is 4.90 Å². The summed E-state index contributed by atoms with van der Waals surface area (Å²) in [6.07, 6.45) is -1.04. The average Bonchev–Trinajstić information content (AvgIpc) is 2.83. The fraction of sp³-hybridized carbons (Fsp3) is 0.391. The summed E-state index contributed by atoms with van der Waals surface area (Å²) >= 11 is 6.24. The molecule has 0 fully saturated rings. The number of nitrogens with zero attached hydrogens (tertiary/aromatic N) is 2. The maximum Gasteiger partial charge on any atom is 0.419 e. The van der Waals surface area contributed by atoms with Crippen molar-refractivity contribution in [2.45, 2.75) is 45.8 Å². The van der Waals surface area contributed by atoms with E-state index < -0.39 is 17.8 Å². The molecule has 3 rings (SSSR count). The second kappa shape index (κ2) is 9.47. The summed E-state index contributed by atoms with van der Waals surface area (Å²) in [7, 11) is 0. The van der Waals surface area contributed by atoms with Crippen LogP contribution < -0.4 is 9.64 Å². The minimum absolute atomic E-state index is 0.0542. The molecule has 0 aromatic heterocycles. The third-order valence-corrected chi connectivity index (χ3v) is 4.97. The number of halogens is 1. The lowest BCUT2D eigenvalue weighted by Gasteiger charge is -2.27. The number of imide groups is 1. The van der Waals surface area contributed by atoms with Crippen molar-refractivity contribution >= 4 is 35.2 Å². The number of benzene rings is 2. The predicted octanol–water partition coefficient (Wildman–Crippen LogP) is 6.07. The van der Waals surface area contributed by atoms with Crippen molar-refractivity contribution in [1.29, 1.82) is 0 Å². The maximum absolute atomic E-state index is 12.2. The second-order valence-corrected chi connectivity index (χ2v) is 8.74. The molecule has 0 aliphatic carbocycles. The molecular formula is C23H27ClN2O5. The maximum atomic E-state index is 12.2. The summed E-state index contributed by atoms with van der Waals surface area (Å²) in [5, 5.41) is 10.0. The first-order valence-electron chi connectivity index (χ1n) is 10.2. The molecule has 1 heterocycles. The number of unbranched alkanes of at least 4 members (excludes halogenated alkanes) is 1. The minimum Gasteiger partial charge on any atom is -0.487 e. The molecule has 1 aliphatic rings. The molecule has 0 radical (unpaired) electrons. The summed E-state index contributed by atoms with van der Waals surface area (Å²) in [4.78, 5) is 26.5. The normalized spacial score (nSPS) is 12.8. The number of carboxylic acid groups (broad SMARTS) is 1. The second-order valence-electron chi connectivity index (χ2n) is 8.30. The van der Waals surface area contributed by atoms with E-state index in [1.807, 2.05) is 36.4 Å². The number of rotatable bonds is 5. The van der Waals surface area contributed by atoms with Gasteiger partial charge >= 0.3 is 12.2 Å². The molecule has 7 nitrogen and oxygen atoms in total. The first kappa shape index (κ1) is 22.7. The number of hydrogen-bond acceptors (Lipinski definition) is 5. The van der Waals surface area contributed by atoms with Crippen molar-refractivity contribution in [3.8, 4) is 5.75 Å². The van der Waals surface area contributed by atoms with Gasteiger partial charge in [0.1, 0.15) is 18.0 Å². The zero-order valence-electron chi connectivity index (χ0n) is 17.9. The van der Waals surface area contributed by atoms with E-state index >= 15 is 0 Å². The Morgan fingerprint density at radius 2 is 1.90 bits per heavy atom. The van der Waals surface area contributed by atoms with Crippen molar-refractivity contribution in [3.63, 3.8) is 0 Å². The van der Waals surface area contributed by atoms with E-state index in [2.05, 4.69) is 4.90 Å². The quantitative estimate of drug-likeness (QED) is 0.562. The molecule has 2 aromatic rings. The highest BCUT2D eigenvalue weighted by Gasteiger charge is 2.27. The van der Waals surface area contributed by atoms with Gasteiger partial charge in [-0.25, -0.2) is 14.5 Å². The van der Waals surface area contributed by atoms with Crippen LogP contribution in [0.25, 0.3) is 0 Å². The third kappa shape index (κ3) is 5.82. The lowest BCUT2D eigenvalue weighted by molar-refractivity contribution is 0.0267. The third-order valence-electron chi connectivity index (χ3n) is 4.74. The van der Waals surface area contributed by atoms with Crippen molar-refractivity contribution in [2.75, 3.05) is 18.0 Å². The Morgan fingerprint density at radius 1 is 1.16 bits per heavy atom.